The van der Waals surface area contributed by atoms with E-state index in [1.807, 2.05) is 11.3 Å². The van der Waals surface area contributed by atoms with E-state index >= 15 is 0 Å². The minimum Gasteiger partial charge on any atom is -0.475 e. The van der Waals surface area contributed by atoms with Gasteiger partial charge in [-0.1, -0.05) is 6.42 Å². The first kappa shape index (κ1) is 29.2. The Bertz CT molecular complexity index is 749. The molecule has 3 heterocycles. The summed E-state index contributed by atoms with van der Waals surface area (Å²) in [6.45, 7) is 7.24. The SMILES string of the molecule is Cc1ccc(CN2CCC3(CCCCN3C)CC2)s1.O=C(O)C(F)(F)F.O=C(O)C(F)(F)F. The summed E-state index contributed by atoms with van der Waals surface area (Å²) in [7, 11) is 2.34. The first-order valence-corrected chi connectivity index (χ1v) is 11.0. The van der Waals surface area contributed by atoms with Gasteiger partial charge in [-0.3, -0.25) is 4.90 Å². The van der Waals surface area contributed by atoms with Gasteiger partial charge in [0.15, 0.2) is 0 Å². The Labute approximate surface area is 191 Å². The number of aryl methyl sites for hydroxylation is 1. The number of thiophene rings is 1. The van der Waals surface area contributed by atoms with Crippen molar-refractivity contribution in [2.24, 2.45) is 0 Å². The fourth-order valence-corrected chi connectivity index (χ4v) is 4.71. The molecule has 2 N–H and O–H groups in total. The number of piperidine rings is 2. The maximum absolute atomic E-state index is 10.6. The molecule has 0 saturated carbocycles. The van der Waals surface area contributed by atoms with Crippen molar-refractivity contribution in [2.45, 2.75) is 63.5 Å². The zero-order valence-electron chi connectivity index (χ0n) is 18.3. The molecule has 1 spiro atoms. The smallest absolute Gasteiger partial charge is 0.475 e. The second-order valence-electron chi connectivity index (χ2n) is 8.00. The lowest BCUT2D eigenvalue weighted by atomic mass is 9.79. The number of likely N-dealkylation sites (tertiary alicyclic amines) is 2. The molecule has 0 aliphatic carbocycles. The van der Waals surface area contributed by atoms with Gasteiger partial charge >= 0.3 is 24.3 Å². The van der Waals surface area contributed by atoms with Gasteiger partial charge in [-0.15, -0.1) is 11.3 Å². The third-order valence-electron chi connectivity index (χ3n) is 5.64. The number of rotatable bonds is 2. The summed E-state index contributed by atoms with van der Waals surface area (Å²) >= 11 is 1.96. The van der Waals surface area contributed by atoms with Gasteiger partial charge in [0.25, 0.3) is 0 Å². The molecule has 2 aliphatic heterocycles. The Morgan fingerprint density at radius 1 is 0.939 bits per heavy atom. The second kappa shape index (κ2) is 12.0. The van der Waals surface area contributed by atoms with Crippen LogP contribution < -0.4 is 0 Å². The van der Waals surface area contributed by atoms with Crippen LogP contribution in [0.25, 0.3) is 0 Å². The predicted molar refractivity (Wildman–Crippen MR) is 110 cm³/mol. The maximum Gasteiger partial charge on any atom is 0.490 e. The number of halogens is 6. The fraction of sp³-hybridized carbons (Fsp3) is 0.700. The molecule has 2 aliphatic rings. The van der Waals surface area contributed by atoms with E-state index in [0.717, 1.165) is 6.54 Å². The van der Waals surface area contributed by atoms with E-state index in [4.69, 9.17) is 19.8 Å². The van der Waals surface area contributed by atoms with E-state index in [2.05, 4.69) is 35.9 Å². The molecule has 190 valence electrons. The molecule has 3 rings (SSSR count). The molecule has 0 atom stereocenters. The van der Waals surface area contributed by atoms with E-state index in [0.29, 0.717) is 5.54 Å². The lowest BCUT2D eigenvalue weighted by Gasteiger charge is -2.50. The van der Waals surface area contributed by atoms with Crippen molar-refractivity contribution in [3.05, 3.63) is 21.9 Å². The molecule has 33 heavy (non-hydrogen) atoms. The largest absolute Gasteiger partial charge is 0.490 e. The first-order valence-electron chi connectivity index (χ1n) is 10.2. The summed E-state index contributed by atoms with van der Waals surface area (Å²) < 4.78 is 63.5. The predicted octanol–water partition coefficient (Wildman–Crippen LogP) is 4.77. The standard InChI is InChI=1S/C16H26N2S.2C2HF3O2/c1-14-5-6-15(19-14)13-18-11-8-16(9-12-18)7-3-4-10-17(16)2;2*3-2(4,5)1(6)7/h5-6H,3-4,7-13H2,1-2H3;2*(H,6,7). The van der Waals surface area contributed by atoms with Gasteiger partial charge in [-0.05, 0) is 58.3 Å². The summed E-state index contributed by atoms with van der Waals surface area (Å²) in [5.74, 6) is -5.51. The number of carbonyl (C=O) groups is 2. The quantitative estimate of drug-likeness (QED) is 0.563. The highest BCUT2D eigenvalue weighted by Gasteiger charge is 2.40. The van der Waals surface area contributed by atoms with E-state index in [-0.39, 0.29) is 0 Å². The van der Waals surface area contributed by atoms with Crippen LogP contribution in [-0.2, 0) is 16.1 Å². The molecule has 0 aromatic carbocycles. The highest BCUT2D eigenvalue weighted by atomic mass is 32.1. The first-order chi connectivity index (χ1) is 15.1. The topological polar surface area (TPSA) is 81.1 Å². The summed E-state index contributed by atoms with van der Waals surface area (Å²) in [4.78, 5) is 26.1. The average molecular weight is 507 g/mol. The summed E-state index contributed by atoms with van der Waals surface area (Å²) in [6.07, 6.45) is -3.16. The van der Waals surface area contributed by atoms with Gasteiger partial charge in [-0.25, -0.2) is 9.59 Å². The summed E-state index contributed by atoms with van der Waals surface area (Å²) in [5, 5.41) is 14.2. The molecule has 2 fully saturated rings. The van der Waals surface area contributed by atoms with Crippen molar-refractivity contribution < 1.29 is 46.1 Å². The van der Waals surface area contributed by atoms with Crippen LogP contribution in [0.1, 0.15) is 41.9 Å². The highest BCUT2D eigenvalue weighted by molar-refractivity contribution is 7.11. The molecule has 2 saturated heterocycles. The van der Waals surface area contributed by atoms with Gasteiger partial charge in [0.1, 0.15) is 0 Å². The Balaban J connectivity index is 0.000000324. The van der Waals surface area contributed by atoms with Gasteiger partial charge in [0.05, 0.1) is 0 Å². The average Bonchev–Trinajstić information content (AvgIpc) is 3.10. The normalized spacial score (nSPS) is 19.2. The molecule has 13 heteroatoms. The molecule has 1 aromatic rings. The van der Waals surface area contributed by atoms with Gasteiger partial charge < -0.3 is 15.1 Å². The van der Waals surface area contributed by atoms with Crippen LogP contribution in [0.15, 0.2) is 12.1 Å². The number of carboxylic acid groups (broad SMARTS) is 2. The van der Waals surface area contributed by atoms with E-state index < -0.39 is 24.3 Å². The van der Waals surface area contributed by atoms with Gasteiger partial charge in [0, 0.05) is 34.9 Å². The third-order valence-corrected chi connectivity index (χ3v) is 6.63. The van der Waals surface area contributed by atoms with Crippen LogP contribution in [0.4, 0.5) is 26.3 Å². The lowest BCUT2D eigenvalue weighted by Crippen LogP contribution is -2.55. The molecule has 0 unspecified atom stereocenters. The number of aliphatic carboxylic acids is 2. The molecule has 0 amide bonds. The number of nitrogens with zero attached hydrogens (tertiary/aromatic N) is 2. The highest BCUT2D eigenvalue weighted by Crippen LogP contribution is 2.36. The minimum absolute atomic E-state index is 0.542. The fourth-order valence-electron chi connectivity index (χ4n) is 3.78. The van der Waals surface area contributed by atoms with Crippen LogP contribution in [-0.4, -0.2) is 76.5 Å². The number of hydrogen-bond acceptors (Lipinski definition) is 5. The Hall–Kier alpha value is -1.86. The van der Waals surface area contributed by atoms with E-state index in [9.17, 15) is 26.3 Å². The monoisotopic (exact) mass is 506 g/mol. The molecule has 0 bridgehead atoms. The van der Waals surface area contributed by atoms with Gasteiger partial charge in [0.2, 0.25) is 0 Å². The van der Waals surface area contributed by atoms with Crippen molar-refractivity contribution in [3.63, 3.8) is 0 Å². The summed E-state index contributed by atoms with van der Waals surface area (Å²) in [5.41, 5.74) is 0.542. The number of alkyl halides is 6. The van der Waals surface area contributed by atoms with Crippen molar-refractivity contribution in [1.29, 1.82) is 0 Å². The van der Waals surface area contributed by atoms with Gasteiger partial charge in [-0.2, -0.15) is 26.3 Å². The molecular formula is C20H28F6N2O4S. The van der Waals surface area contributed by atoms with Crippen LogP contribution >= 0.6 is 11.3 Å². The van der Waals surface area contributed by atoms with Crippen molar-refractivity contribution >= 4 is 23.3 Å². The Morgan fingerprint density at radius 2 is 1.42 bits per heavy atom. The molecule has 6 nitrogen and oxygen atoms in total. The number of carboxylic acids is 2. The lowest BCUT2D eigenvalue weighted by molar-refractivity contribution is -0.193. The zero-order chi connectivity index (χ0) is 25.4. The maximum atomic E-state index is 10.6. The second-order valence-corrected chi connectivity index (χ2v) is 9.37. The minimum atomic E-state index is -5.08. The van der Waals surface area contributed by atoms with Crippen molar-refractivity contribution in [2.75, 3.05) is 26.7 Å². The van der Waals surface area contributed by atoms with E-state index in [1.54, 1.807) is 0 Å². The zero-order valence-corrected chi connectivity index (χ0v) is 19.1. The van der Waals surface area contributed by atoms with Crippen molar-refractivity contribution in [1.82, 2.24) is 9.80 Å². The van der Waals surface area contributed by atoms with Crippen LogP contribution in [0.3, 0.4) is 0 Å². The van der Waals surface area contributed by atoms with Crippen LogP contribution in [0.2, 0.25) is 0 Å². The van der Waals surface area contributed by atoms with Crippen molar-refractivity contribution in [3.8, 4) is 0 Å². The number of hydrogen-bond donors (Lipinski definition) is 2. The van der Waals surface area contributed by atoms with Crippen LogP contribution in [0.5, 0.6) is 0 Å². The Morgan fingerprint density at radius 3 is 1.79 bits per heavy atom. The molecule has 0 radical (unpaired) electrons. The third kappa shape index (κ3) is 9.88. The summed E-state index contributed by atoms with van der Waals surface area (Å²) in [6, 6.07) is 4.55. The van der Waals surface area contributed by atoms with E-state index in [1.165, 1.54) is 61.5 Å². The Kier molecular flexibility index (Phi) is 10.6. The molecule has 1 aromatic heterocycles. The van der Waals surface area contributed by atoms with Crippen LogP contribution in [0, 0.1) is 6.92 Å². The molecular weight excluding hydrogens is 478 g/mol.